The lowest BCUT2D eigenvalue weighted by Gasteiger charge is -2.03. The number of Topliss-reactive ketones (excluding diaryl/α,β-unsaturated/α-hetero) is 1. The van der Waals surface area contributed by atoms with Crippen LogP contribution in [-0.4, -0.2) is 26.3 Å². The highest BCUT2D eigenvalue weighted by Gasteiger charge is 2.19. The molecule has 0 atom stereocenters. The largest absolute Gasteiger partial charge is 0.304 e. The van der Waals surface area contributed by atoms with Gasteiger partial charge in [0.1, 0.15) is 0 Å². The minimum atomic E-state index is 0.000697. The van der Waals surface area contributed by atoms with Gasteiger partial charge in [0.05, 0.1) is 15.7 Å². The Kier molecular flexibility index (Phi) is 5.67. The highest BCUT2D eigenvalue weighted by molar-refractivity contribution is 7.99. The van der Waals surface area contributed by atoms with Crippen molar-refractivity contribution < 1.29 is 4.79 Å². The van der Waals surface area contributed by atoms with E-state index in [1.807, 2.05) is 29.8 Å². The van der Waals surface area contributed by atoms with E-state index in [0.29, 0.717) is 31.6 Å². The van der Waals surface area contributed by atoms with E-state index in [2.05, 4.69) is 10.2 Å². The van der Waals surface area contributed by atoms with E-state index >= 15 is 0 Å². The highest BCUT2D eigenvalue weighted by Crippen LogP contribution is 2.42. The fraction of sp³-hybridized carbons (Fsp3) is 0.105. The Morgan fingerprint density at radius 2 is 1.79 bits per heavy atom. The zero-order chi connectivity index (χ0) is 19.8. The number of hydrogen-bond donors (Lipinski definition) is 0. The van der Waals surface area contributed by atoms with Gasteiger partial charge in [-0.2, -0.15) is 0 Å². The maximum Gasteiger partial charge on any atom is 0.191 e. The summed E-state index contributed by atoms with van der Waals surface area (Å²) < 4.78 is 2.83. The van der Waals surface area contributed by atoms with Crippen molar-refractivity contribution in [2.75, 3.05) is 5.75 Å². The second kappa shape index (κ2) is 8.05. The molecule has 0 saturated heterocycles. The summed E-state index contributed by atoms with van der Waals surface area (Å²) in [7, 11) is 1.86. The fourth-order valence-electron chi connectivity index (χ4n) is 2.67. The van der Waals surface area contributed by atoms with Gasteiger partial charge in [0.15, 0.2) is 16.8 Å². The van der Waals surface area contributed by atoms with Crippen LogP contribution in [0.1, 0.15) is 10.4 Å². The van der Waals surface area contributed by atoms with Crippen LogP contribution in [0.3, 0.4) is 0 Å². The Bertz CT molecular complexity index is 1190. The van der Waals surface area contributed by atoms with Crippen molar-refractivity contribution in [1.29, 1.82) is 0 Å². The number of benzene rings is 2. The maximum absolute atomic E-state index is 12.4. The second-order valence-electron chi connectivity index (χ2n) is 5.97. The number of thioether (sulfide) groups is 1. The average molecular weight is 469 g/mol. The molecule has 0 aliphatic rings. The van der Waals surface area contributed by atoms with Gasteiger partial charge >= 0.3 is 0 Å². The molecule has 2 aromatic carbocycles. The molecule has 0 amide bonds. The number of ketones is 1. The van der Waals surface area contributed by atoms with Gasteiger partial charge in [-0.05, 0) is 36.4 Å². The summed E-state index contributed by atoms with van der Waals surface area (Å²) in [6, 6.07) is 12.4. The SMILES string of the molecule is Cn1c(SCC(=O)c2ccc(Cl)cc2)nnc1-c1sc2cc(Cl)ccc2c1Cl. The van der Waals surface area contributed by atoms with Crippen molar-refractivity contribution in [3.05, 3.63) is 63.1 Å². The van der Waals surface area contributed by atoms with E-state index in [4.69, 9.17) is 34.8 Å². The molecule has 4 nitrogen and oxygen atoms in total. The molecule has 4 rings (SSSR count). The van der Waals surface area contributed by atoms with Gasteiger partial charge in [-0.3, -0.25) is 4.79 Å². The summed E-state index contributed by atoms with van der Waals surface area (Å²) in [5, 5.41) is 12.0. The van der Waals surface area contributed by atoms with Crippen molar-refractivity contribution in [1.82, 2.24) is 14.8 Å². The number of rotatable bonds is 5. The number of halogens is 3. The molecular weight excluding hydrogens is 457 g/mol. The standard InChI is InChI=1S/C19H12Cl3N3OS2/c1-25-18(17-16(22)13-7-6-12(21)8-15(13)28-17)23-24-19(25)27-9-14(26)10-2-4-11(20)5-3-10/h2-8H,9H2,1H3. The van der Waals surface area contributed by atoms with Crippen LogP contribution in [-0.2, 0) is 7.05 Å². The maximum atomic E-state index is 12.4. The smallest absolute Gasteiger partial charge is 0.191 e. The van der Waals surface area contributed by atoms with Crippen LogP contribution >= 0.6 is 57.9 Å². The predicted octanol–water partition coefficient (Wildman–Crippen LogP) is 6.63. The molecule has 9 heteroatoms. The first-order valence-corrected chi connectivity index (χ1v) is 11.1. The number of carbonyl (C=O) groups excluding carboxylic acids is 1. The number of aromatic nitrogens is 3. The first-order valence-electron chi connectivity index (χ1n) is 8.13. The Labute approximate surface area is 184 Å². The molecule has 0 bridgehead atoms. The summed E-state index contributed by atoms with van der Waals surface area (Å²) >= 11 is 21.4. The van der Waals surface area contributed by atoms with E-state index in [1.165, 1.54) is 23.1 Å². The van der Waals surface area contributed by atoms with Gasteiger partial charge in [-0.1, -0.05) is 52.6 Å². The predicted molar refractivity (Wildman–Crippen MR) is 118 cm³/mol. The lowest BCUT2D eigenvalue weighted by molar-refractivity contribution is 0.102. The van der Waals surface area contributed by atoms with Gasteiger partial charge in [0.25, 0.3) is 0 Å². The van der Waals surface area contributed by atoms with Gasteiger partial charge in [-0.25, -0.2) is 0 Å². The third-order valence-electron chi connectivity index (χ3n) is 4.13. The third kappa shape index (κ3) is 3.80. The number of carbonyl (C=O) groups is 1. The molecule has 0 N–H and O–H groups in total. The minimum absolute atomic E-state index is 0.000697. The number of nitrogens with zero attached hydrogens (tertiary/aromatic N) is 3. The number of thiophene rings is 1. The van der Waals surface area contributed by atoms with Crippen LogP contribution in [0, 0.1) is 0 Å². The lowest BCUT2D eigenvalue weighted by Crippen LogP contribution is -2.03. The van der Waals surface area contributed by atoms with Crippen LogP contribution in [0.4, 0.5) is 0 Å². The Balaban J connectivity index is 1.57. The molecular formula is C19H12Cl3N3OS2. The molecule has 0 aliphatic heterocycles. The first kappa shape index (κ1) is 19.7. The number of fused-ring (bicyclic) bond motifs is 1. The van der Waals surface area contributed by atoms with Crippen LogP contribution in [0.2, 0.25) is 15.1 Å². The van der Waals surface area contributed by atoms with Crippen molar-refractivity contribution in [2.45, 2.75) is 5.16 Å². The van der Waals surface area contributed by atoms with E-state index in [-0.39, 0.29) is 11.5 Å². The second-order valence-corrected chi connectivity index (χ2v) is 9.22. The molecule has 28 heavy (non-hydrogen) atoms. The molecule has 4 aromatic rings. The van der Waals surface area contributed by atoms with E-state index in [1.54, 1.807) is 24.3 Å². The van der Waals surface area contributed by atoms with Crippen LogP contribution in [0.25, 0.3) is 20.8 Å². The van der Waals surface area contributed by atoms with Gasteiger partial charge in [-0.15, -0.1) is 21.5 Å². The molecule has 0 aliphatic carbocycles. The van der Waals surface area contributed by atoms with Crippen LogP contribution in [0.15, 0.2) is 47.6 Å². The van der Waals surface area contributed by atoms with E-state index in [9.17, 15) is 4.79 Å². The van der Waals surface area contributed by atoms with Gasteiger partial charge < -0.3 is 4.57 Å². The molecule has 142 valence electrons. The number of hydrogen-bond acceptors (Lipinski definition) is 5. The lowest BCUT2D eigenvalue weighted by atomic mass is 10.1. The molecule has 2 aromatic heterocycles. The molecule has 0 unspecified atom stereocenters. The molecule has 0 radical (unpaired) electrons. The highest BCUT2D eigenvalue weighted by atomic mass is 35.5. The fourth-order valence-corrected chi connectivity index (χ4v) is 5.41. The van der Waals surface area contributed by atoms with E-state index in [0.717, 1.165) is 15.0 Å². The summed E-state index contributed by atoms with van der Waals surface area (Å²) in [4.78, 5) is 13.2. The average Bonchev–Trinajstić information content (AvgIpc) is 3.19. The Hall–Kier alpha value is -1.57. The monoisotopic (exact) mass is 467 g/mol. The topological polar surface area (TPSA) is 47.8 Å². The zero-order valence-corrected chi connectivity index (χ0v) is 18.3. The molecule has 0 spiro atoms. The summed E-state index contributed by atoms with van der Waals surface area (Å²) in [6.07, 6.45) is 0. The minimum Gasteiger partial charge on any atom is -0.304 e. The summed E-state index contributed by atoms with van der Waals surface area (Å²) in [5.74, 6) is 0.910. The third-order valence-corrected chi connectivity index (χ3v) is 7.29. The first-order chi connectivity index (χ1) is 13.4. The van der Waals surface area contributed by atoms with Crippen molar-refractivity contribution in [3.63, 3.8) is 0 Å². The molecule has 0 fully saturated rings. The Morgan fingerprint density at radius 3 is 2.54 bits per heavy atom. The molecule has 0 saturated carbocycles. The van der Waals surface area contributed by atoms with Crippen molar-refractivity contribution in [2.24, 2.45) is 7.05 Å². The quantitative estimate of drug-likeness (QED) is 0.243. The summed E-state index contributed by atoms with van der Waals surface area (Å²) in [5.41, 5.74) is 0.615. The Morgan fingerprint density at radius 1 is 1.07 bits per heavy atom. The van der Waals surface area contributed by atoms with Gasteiger partial charge in [0.2, 0.25) is 0 Å². The van der Waals surface area contributed by atoms with E-state index < -0.39 is 0 Å². The summed E-state index contributed by atoms with van der Waals surface area (Å²) in [6.45, 7) is 0. The van der Waals surface area contributed by atoms with Crippen LogP contribution < -0.4 is 0 Å². The molecule has 2 heterocycles. The van der Waals surface area contributed by atoms with Crippen molar-refractivity contribution >= 4 is 73.8 Å². The van der Waals surface area contributed by atoms with Crippen LogP contribution in [0.5, 0.6) is 0 Å². The zero-order valence-electron chi connectivity index (χ0n) is 14.4. The normalized spacial score (nSPS) is 11.3. The van der Waals surface area contributed by atoms with Gasteiger partial charge in [0, 0.05) is 32.7 Å². The van der Waals surface area contributed by atoms with Crippen molar-refractivity contribution in [3.8, 4) is 10.7 Å².